The summed E-state index contributed by atoms with van der Waals surface area (Å²) in [5, 5.41) is 1.21. The molecular weight excluding hydrogens is 666 g/mol. The van der Waals surface area contributed by atoms with Crippen LogP contribution in [0.4, 0.5) is 0 Å². The highest BCUT2D eigenvalue weighted by molar-refractivity contribution is 9.10. The Hall–Kier alpha value is -4.38. The number of rotatable bonds is 8. The van der Waals surface area contributed by atoms with Gasteiger partial charge in [0.1, 0.15) is 0 Å². The van der Waals surface area contributed by atoms with Crippen molar-refractivity contribution < 1.29 is 18.0 Å². The number of halogens is 1. The molecule has 1 saturated heterocycles. The predicted molar refractivity (Wildman–Crippen MR) is 183 cm³/mol. The Labute approximate surface area is 276 Å². The zero-order valence-electron chi connectivity index (χ0n) is 25.2. The molecule has 234 valence electrons. The second kappa shape index (κ2) is 13.2. The third kappa shape index (κ3) is 6.08. The number of amides is 1. The molecule has 1 aromatic heterocycles. The van der Waals surface area contributed by atoms with Crippen molar-refractivity contribution >= 4 is 48.4 Å². The number of nitrogens with zero attached hydrogens (tertiary/aromatic N) is 3. The Morgan fingerprint density at radius 1 is 0.783 bits per heavy atom. The average Bonchev–Trinajstić information content (AvgIpc) is 3.09. The summed E-state index contributed by atoms with van der Waals surface area (Å²) in [6.07, 6.45) is 0.228. The topological polar surface area (TPSA) is 96.8 Å². The standard InChI is InChI=1S/C36H32BrN3O5S/c1-2-32(41)34-33(26-9-5-3-6-10-26)31-23-28(37)17-18-30(31)36(43)40(34)24-25-13-15-27(16-14-25)35(42)38-19-21-39(22-20-38)46(44,45)29-11-7-4-8-12-29/h3-18,23H,2,19-22,24H2,1H3. The highest BCUT2D eigenvalue weighted by Gasteiger charge is 2.30. The zero-order valence-corrected chi connectivity index (χ0v) is 27.6. The molecule has 1 fully saturated rings. The summed E-state index contributed by atoms with van der Waals surface area (Å²) in [4.78, 5) is 42.7. The normalized spacial score (nSPS) is 14.0. The van der Waals surface area contributed by atoms with Gasteiger partial charge in [0, 0.05) is 53.6 Å². The van der Waals surface area contributed by atoms with E-state index in [1.165, 1.54) is 4.31 Å². The first kappa shape index (κ1) is 31.6. The van der Waals surface area contributed by atoms with E-state index in [9.17, 15) is 22.8 Å². The highest BCUT2D eigenvalue weighted by Crippen LogP contribution is 2.33. The maximum Gasteiger partial charge on any atom is 0.259 e. The third-order valence-corrected chi connectivity index (χ3v) is 10.7. The monoisotopic (exact) mass is 697 g/mol. The average molecular weight is 699 g/mol. The smallest absolute Gasteiger partial charge is 0.259 e. The van der Waals surface area contributed by atoms with Crippen LogP contribution in [-0.4, -0.2) is 60.1 Å². The molecule has 0 spiro atoms. The number of carbonyl (C=O) groups excluding carboxylic acids is 2. The second-order valence-corrected chi connectivity index (χ2v) is 14.0. The molecule has 2 heterocycles. The lowest BCUT2D eigenvalue weighted by molar-refractivity contribution is 0.0697. The van der Waals surface area contributed by atoms with Crippen molar-refractivity contribution in [2.24, 2.45) is 0 Å². The van der Waals surface area contributed by atoms with Gasteiger partial charge in [0.05, 0.1) is 17.1 Å². The fourth-order valence-corrected chi connectivity index (χ4v) is 7.72. The van der Waals surface area contributed by atoms with E-state index in [0.717, 1.165) is 15.6 Å². The van der Waals surface area contributed by atoms with Crippen LogP contribution in [0.2, 0.25) is 0 Å². The fourth-order valence-electron chi connectivity index (χ4n) is 5.92. The lowest BCUT2D eigenvalue weighted by atomic mass is 9.94. The Bertz CT molecular complexity index is 2090. The van der Waals surface area contributed by atoms with Gasteiger partial charge in [0.2, 0.25) is 10.0 Å². The molecule has 8 nitrogen and oxygen atoms in total. The van der Waals surface area contributed by atoms with Crippen LogP contribution in [0, 0.1) is 0 Å². The second-order valence-electron chi connectivity index (χ2n) is 11.2. The number of Topliss-reactive ketones (excluding diaryl/α,β-unsaturated/α-hetero) is 1. The van der Waals surface area contributed by atoms with Crippen molar-refractivity contribution in [1.29, 1.82) is 0 Å². The number of fused-ring (bicyclic) bond motifs is 1. The summed E-state index contributed by atoms with van der Waals surface area (Å²) in [6, 6.07) is 30.4. The first-order valence-corrected chi connectivity index (χ1v) is 17.3. The quantitative estimate of drug-likeness (QED) is 0.180. The Morgan fingerprint density at radius 3 is 2.04 bits per heavy atom. The van der Waals surface area contributed by atoms with Crippen LogP contribution in [0.3, 0.4) is 0 Å². The van der Waals surface area contributed by atoms with Crippen molar-refractivity contribution in [2.75, 3.05) is 26.2 Å². The van der Waals surface area contributed by atoms with Crippen molar-refractivity contribution in [3.8, 4) is 11.1 Å². The minimum Gasteiger partial charge on any atom is -0.336 e. The van der Waals surface area contributed by atoms with E-state index in [4.69, 9.17) is 0 Å². The van der Waals surface area contributed by atoms with Gasteiger partial charge in [-0.05, 0) is 59.0 Å². The van der Waals surface area contributed by atoms with Crippen LogP contribution in [0.15, 0.2) is 117 Å². The van der Waals surface area contributed by atoms with E-state index in [2.05, 4.69) is 15.9 Å². The van der Waals surface area contributed by atoms with Gasteiger partial charge in [-0.3, -0.25) is 19.0 Å². The molecule has 1 amide bonds. The van der Waals surface area contributed by atoms with Crippen LogP contribution in [-0.2, 0) is 16.6 Å². The first-order valence-electron chi connectivity index (χ1n) is 15.1. The Kier molecular flexibility index (Phi) is 9.04. The number of carbonyl (C=O) groups is 2. The van der Waals surface area contributed by atoms with Crippen LogP contribution in [0.25, 0.3) is 21.9 Å². The van der Waals surface area contributed by atoms with Gasteiger partial charge in [-0.1, -0.05) is 83.5 Å². The summed E-state index contributed by atoms with van der Waals surface area (Å²) < 4.78 is 29.8. The molecule has 0 bridgehead atoms. The van der Waals surface area contributed by atoms with Gasteiger partial charge in [0.25, 0.3) is 11.5 Å². The first-order chi connectivity index (χ1) is 22.2. The molecule has 6 rings (SSSR count). The van der Waals surface area contributed by atoms with Gasteiger partial charge in [-0.2, -0.15) is 4.31 Å². The number of hydrogen-bond acceptors (Lipinski definition) is 5. The summed E-state index contributed by atoms with van der Waals surface area (Å²) in [5.41, 5.74) is 2.87. The minimum absolute atomic E-state index is 0.141. The van der Waals surface area contributed by atoms with Gasteiger partial charge in [-0.15, -0.1) is 0 Å². The van der Waals surface area contributed by atoms with Crippen molar-refractivity contribution in [1.82, 2.24) is 13.8 Å². The van der Waals surface area contributed by atoms with Crippen molar-refractivity contribution in [3.05, 3.63) is 135 Å². The zero-order chi connectivity index (χ0) is 32.4. The molecule has 0 aliphatic carbocycles. The molecule has 0 saturated carbocycles. The van der Waals surface area contributed by atoms with E-state index < -0.39 is 10.0 Å². The number of benzene rings is 4. The molecule has 0 radical (unpaired) electrons. The van der Waals surface area contributed by atoms with Gasteiger partial charge >= 0.3 is 0 Å². The SMILES string of the molecule is CCC(=O)c1c(-c2ccccc2)c2cc(Br)ccc2c(=O)n1Cc1ccc(C(=O)N2CCN(S(=O)(=O)c3ccccc3)CC2)cc1. The van der Waals surface area contributed by atoms with E-state index in [1.54, 1.807) is 77.1 Å². The lowest BCUT2D eigenvalue weighted by Gasteiger charge is -2.34. The molecule has 1 aliphatic rings. The maximum absolute atomic E-state index is 13.9. The fraction of sp³-hybridized carbons (Fsp3) is 0.194. The van der Waals surface area contributed by atoms with Gasteiger partial charge < -0.3 is 4.90 Å². The Balaban J connectivity index is 1.27. The minimum atomic E-state index is -3.62. The van der Waals surface area contributed by atoms with Gasteiger partial charge in [0.15, 0.2) is 5.78 Å². The van der Waals surface area contributed by atoms with Crippen LogP contribution in [0.1, 0.15) is 39.8 Å². The van der Waals surface area contributed by atoms with Crippen molar-refractivity contribution in [3.63, 3.8) is 0 Å². The van der Waals surface area contributed by atoms with E-state index >= 15 is 0 Å². The lowest BCUT2D eigenvalue weighted by Crippen LogP contribution is -2.50. The van der Waals surface area contributed by atoms with Crippen molar-refractivity contribution in [2.45, 2.75) is 24.8 Å². The van der Waals surface area contributed by atoms with E-state index in [0.29, 0.717) is 27.6 Å². The number of sulfonamides is 1. The number of pyridine rings is 1. The molecule has 1 aliphatic heterocycles. The van der Waals surface area contributed by atoms with Crippen LogP contribution >= 0.6 is 15.9 Å². The molecule has 4 aromatic carbocycles. The number of aromatic nitrogens is 1. The third-order valence-electron chi connectivity index (χ3n) is 8.33. The molecule has 5 aromatic rings. The summed E-state index contributed by atoms with van der Waals surface area (Å²) in [6.45, 7) is 2.91. The molecule has 0 unspecified atom stereocenters. The van der Waals surface area contributed by atoms with Gasteiger partial charge in [-0.25, -0.2) is 8.42 Å². The molecule has 10 heteroatoms. The predicted octanol–water partition coefficient (Wildman–Crippen LogP) is 6.22. The van der Waals surface area contributed by atoms with E-state index in [1.807, 2.05) is 42.5 Å². The molecule has 0 atom stereocenters. The number of ketones is 1. The Morgan fingerprint density at radius 2 is 1.41 bits per heavy atom. The largest absolute Gasteiger partial charge is 0.336 e. The summed E-state index contributed by atoms with van der Waals surface area (Å²) in [7, 11) is -3.62. The van der Waals surface area contributed by atoms with Crippen LogP contribution in [0.5, 0.6) is 0 Å². The summed E-state index contributed by atoms with van der Waals surface area (Å²) in [5.74, 6) is -0.331. The molecule has 46 heavy (non-hydrogen) atoms. The van der Waals surface area contributed by atoms with E-state index in [-0.39, 0.29) is 61.3 Å². The van der Waals surface area contributed by atoms with Crippen LogP contribution < -0.4 is 5.56 Å². The molecule has 0 N–H and O–H groups in total. The number of hydrogen-bond donors (Lipinski definition) is 0. The number of piperazine rings is 1. The highest BCUT2D eigenvalue weighted by atomic mass is 79.9. The summed E-state index contributed by atoms with van der Waals surface area (Å²) >= 11 is 3.53. The maximum atomic E-state index is 13.9. The molecular formula is C36H32BrN3O5S.